The molecule has 0 amide bonds. The van der Waals surface area contributed by atoms with E-state index in [0.717, 1.165) is 0 Å². The second-order valence-corrected chi connectivity index (χ2v) is 3.77. The molecule has 73 valence electrons. The summed E-state index contributed by atoms with van der Waals surface area (Å²) >= 11 is 0. The Bertz CT molecular complexity index is 185. The lowest BCUT2D eigenvalue weighted by molar-refractivity contribution is 0.184. The summed E-state index contributed by atoms with van der Waals surface area (Å²) in [7, 11) is -1.84. The first-order chi connectivity index (χ1) is 5.91. The summed E-state index contributed by atoms with van der Waals surface area (Å²) < 4.78 is 15.6. The fourth-order valence-electron chi connectivity index (χ4n) is 0.489. The van der Waals surface area contributed by atoms with Crippen LogP contribution in [-0.2, 0) is 13.3 Å². The Hall–Kier alpha value is -1.16. The standard InChI is InChI=1S/C9H15O3Si/c1-7(2)10-13(11-8(3)4)12-9(5)6/h1,3,5H2,2,4,6H3. The van der Waals surface area contributed by atoms with E-state index < -0.39 is 9.53 Å². The van der Waals surface area contributed by atoms with Gasteiger partial charge in [-0.05, 0) is 20.8 Å². The highest BCUT2D eigenvalue weighted by Crippen LogP contribution is 2.07. The first kappa shape index (κ1) is 11.8. The zero-order valence-corrected chi connectivity index (χ0v) is 9.35. The fraction of sp³-hybridized carbons (Fsp3) is 0.333. The fourth-order valence-corrected chi connectivity index (χ4v) is 1.47. The van der Waals surface area contributed by atoms with Gasteiger partial charge in [-0.1, -0.05) is 19.7 Å². The molecule has 0 aliphatic carbocycles. The van der Waals surface area contributed by atoms with Crippen LogP contribution in [0.25, 0.3) is 0 Å². The van der Waals surface area contributed by atoms with Crippen molar-refractivity contribution in [3.8, 4) is 0 Å². The van der Waals surface area contributed by atoms with Crippen LogP contribution in [0, 0.1) is 0 Å². The van der Waals surface area contributed by atoms with Crippen molar-refractivity contribution >= 4 is 9.53 Å². The van der Waals surface area contributed by atoms with E-state index in [1.54, 1.807) is 20.8 Å². The Morgan fingerprint density at radius 1 is 0.769 bits per heavy atom. The van der Waals surface area contributed by atoms with Crippen LogP contribution in [0.1, 0.15) is 20.8 Å². The molecule has 4 heteroatoms. The van der Waals surface area contributed by atoms with Crippen LogP contribution in [0.5, 0.6) is 0 Å². The Morgan fingerprint density at radius 2 is 1.00 bits per heavy atom. The minimum atomic E-state index is -1.84. The lowest BCUT2D eigenvalue weighted by Crippen LogP contribution is -2.24. The van der Waals surface area contributed by atoms with Gasteiger partial charge in [-0.15, -0.1) is 0 Å². The van der Waals surface area contributed by atoms with Gasteiger partial charge in [-0.3, -0.25) is 0 Å². The molecule has 0 rings (SSSR count). The maximum atomic E-state index is 5.21. The molecule has 0 aromatic carbocycles. The van der Waals surface area contributed by atoms with Gasteiger partial charge in [0, 0.05) is 0 Å². The van der Waals surface area contributed by atoms with Crippen molar-refractivity contribution < 1.29 is 13.3 Å². The molecule has 0 aliphatic rings. The van der Waals surface area contributed by atoms with Gasteiger partial charge in [0.05, 0.1) is 17.3 Å². The van der Waals surface area contributed by atoms with Crippen LogP contribution in [0.3, 0.4) is 0 Å². The van der Waals surface area contributed by atoms with Gasteiger partial charge in [0.2, 0.25) is 0 Å². The molecule has 0 spiro atoms. The summed E-state index contributed by atoms with van der Waals surface area (Å²) in [6.07, 6.45) is 0. The molecular formula is C9H15O3Si. The molecular weight excluding hydrogens is 184 g/mol. The molecule has 0 heterocycles. The summed E-state index contributed by atoms with van der Waals surface area (Å²) in [5.41, 5.74) is 0. The number of hydrogen-bond acceptors (Lipinski definition) is 3. The highest BCUT2D eigenvalue weighted by Gasteiger charge is 2.26. The van der Waals surface area contributed by atoms with Crippen LogP contribution < -0.4 is 0 Å². The third-order valence-electron chi connectivity index (χ3n) is 0.773. The van der Waals surface area contributed by atoms with E-state index in [2.05, 4.69) is 19.7 Å². The summed E-state index contributed by atoms with van der Waals surface area (Å²) in [4.78, 5) is 0. The van der Waals surface area contributed by atoms with Crippen molar-refractivity contribution in [2.24, 2.45) is 0 Å². The monoisotopic (exact) mass is 199 g/mol. The smallest absolute Gasteiger partial charge is 0.484 e. The van der Waals surface area contributed by atoms with E-state index in [1.807, 2.05) is 0 Å². The normalized spacial score (nSPS) is 9.23. The predicted molar refractivity (Wildman–Crippen MR) is 53.5 cm³/mol. The summed E-state index contributed by atoms with van der Waals surface area (Å²) in [6, 6.07) is 0. The van der Waals surface area contributed by atoms with Crippen LogP contribution in [0.15, 0.2) is 37.0 Å². The van der Waals surface area contributed by atoms with E-state index in [9.17, 15) is 0 Å². The van der Waals surface area contributed by atoms with Crippen molar-refractivity contribution in [2.75, 3.05) is 0 Å². The molecule has 1 radical (unpaired) electrons. The van der Waals surface area contributed by atoms with Gasteiger partial charge in [0.15, 0.2) is 0 Å². The Labute approximate surface area is 81.3 Å². The third kappa shape index (κ3) is 7.21. The topological polar surface area (TPSA) is 27.7 Å². The SMILES string of the molecule is C=C(C)O[Si](OC(=C)C)OC(=C)C. The van der Waals surface area contributed by atoms with E-state index in [4.69, 9.17) is 13.3 Å². The Kier molecular flexibility index (Phi) is 4.99. The second-order valence-electron chi connectivity index (χ2n) is 2.66. The van der Waals surface area contributed by atoms with Gasteiger partial charge in [-0.25, -0.2) is 0 Å². The van der Waals surface area contributed by atoms with Crippen LogP contribution in [0.2, 0.25) is 0 Å². The van der Waals surface area contributed by atoms with E-state index in [-0.39, 0.29) is 0 Å². The maximum absolute atomic E-state index is 5.21. The lowest BCUT2D eigenvalue weighted by atomic mass is 10.7. The average Bonchev–Trinajstić information content (AvgIpc) is 1.80. The van der Waals surface area contributed by atoms with Crippen molar-refractivity contribution in [1.82, 2.24) is 0 Å². The lowest BCUT2D eigenvalue weighted by Gasteiger charge is -2.15. The molecule has 3 nitrogen and oxygen atoms in total. The van der Waals surface area contributed by atoms with E-state index >= 15 is 0 Å². The van der Waals surface area contributed by atoms with Crippen molar-refractivity contribution in [3.63, 3.8) is 0 Å². The molecule has 0 saturated heterocycles. The zero-order valence-electron chi connectivity index (χ0n) is 8.35. The Morgan fingerprint density at radius 3 is 1.15 bits per heavy atom. The van der Waals surface area contributed by atoms with Crippen LogP contribution >= 0.6 is 0 Å². The molecule has 0 unspecified atom stereocenters. The molecule has 0 fully saturated rings. The molecule has 0 atom stereocenters. The maximum Gasteiger partial charge on any atom is 0.817 e. The van der Waals surface area contributed by atoms with Crippen LogP contribution in [-0.4, -0.2) is 9.53 Å². The Balaban J connectivity index is 4.10. The third-order valence-corrected chi connectivity index (χ3v) is 2.32. The summed E-state index contributed by atoms with van der Waals surface area (Å²) in [6.45, 7) is 16.0. The highest BCUT2D eigenvalue weighted by molar-refractivity contribution is 6.37. The molecule has 0 aliphatic heterocycles. The van der Waals surface area contributed by atoms with E-state index in [0.29, 0.717) is 17.3 Å². The van der Waals surface area contributed by atoms with Gasteiger partial charge in [0.25, 0.3) is 0 Å². The largest absolute Gasteiger partial charge is 0.817 e. The summed E-state index contributed by atoms with van der Waals surface area (Å²) in [5, 5.41) is 0. The quantitative estimate of drug-likeness (QED) is 0.486. The van der Waals surface area contributed by atoms with E-state index in [1.165, 1.54) is 0 Å². The van der Waals surface area contributed by atoms with Gasteiger partial charge >= 0.3 is 9.53 Å². The number of rotatable bonds is 6. The number of hydrogen-bond donors (Lipinski definition) is 0. The van der Waals surface area contributed by atoms with Crippen molar-refractivity contribution in [1.29, 1.82) is 0 Å². The van der Waals surface area contributed by atoms with Gasteiger partial charge in [0.1, 0.15) is 0 Å². The number of allylic oxidation sites excluding steroid dienone is 3. The van der Waals surface area contributed by atoms with Gasteiger partial charge < -0.3 is 13.3 Å². The minimum Gasteiger partial charge on any atom is -0.484 e. The first-order valence-electron chi connectivity index (χ1n) is 3.79. The van der Waals surface area contributed by atoms with Crippen molar-refractivity contribution in [3.05, 3.63) is 37.0 Å². The summed E-state index contributed by atoms with van der Waals surface area (Å²) in [5.74, 6) is 1.66. The average molecular weight is 199 g/mol. The minimum absolute atomic E-state index is 0.552. The highest BCUT2D eigenvalue weighted by atomic mass is 28.3. The molecule has 0 N–H and O–H groups in total. The molecule has 0 saturated carbocycles. The molecule has 13 heavy (non-hydrogen) atoms. The first-order valence-corrected chi connectivity index (χ1v) is 5.01. The zero-order chi connectivity index (χ0) is 10.4. The molecule has 0 aromatic heterocycles. The van der Waals surface area contributed by atoms with Crippen LogP contribution in [0.4, 0.5) is 0 Å². The van der Waals surface area contributed by atoms with Gasteiger partial charge in [-0.2, -0.15) is 0 Å². The predicted octanol–water partition coefficient (Wildman–Crippen LogP) is 2.62. The second kappa shape index (κ2) is 5.48. The molecule has 0 aromatic rings. The molecule has 0 bridgehead atoms. The van der Waals surface area contributed by atoms with Crippen molar-refractivity contribution in [2.45, 2.75) is 20.8 Å².